The molecule has 0 aliphatic carbocycles. The van der Waals surface area contributed by atoms with E-state index in [0.717, 1.165) is 49.5 Å². The lowest BCUT2D eigenvalue weighted by Crippen LogP contribution is -2.45. The molecule has 1 saturated heterocycles. The first-order valence-electron chi connectivity index (χ1n) is 17.8. The summed E-state index contributed by atoms with van der Waals surface area (Å²) in [6, 6.07) is 14.0. The van der Waals surface area contributed by atoms with Crippen molar-refractivity contribution in [1.29, 1.82) is 0 Å². The van der Waals surface area contributed by atoms with Crippen molar-refractivity contribution in [2.24, 2.45) is 0 Å². The fourth-order valence-corrected chi connectivity index (χ4v) is 7.96. The van der Waals surface area contributed by atoms with Gasteiger partial charge >= 0.3 is 5.97 Å². The van der Waals surface area contributed by atoms with Gasteiger partial charge in [0.05, 0.1) is 21.0 Å². The zero-order chi connectivity index (χ0) is 37.8. The molecule has 4 aromatic heterocycles. The minimum Gasteiger partial charge on any atom is -0.491 e. The Labute approximate surface area is 321 Å². The number of ether oxygens (including phenoxy) is 2. The number of anilines is 1. The topological polar surface area (TPSA) is 131 Å². The molecule has 2 aromatic carbocycles. The van der Waals surface area contributed by atoms with Crippen LogP contribution in [0.5, 0.6) is 11.5 Å². The van der Waals surface area contributed by atoms with Gasteiger partial charge in [0, 0.05) is 63.5 Å². The zero-order valence-corrected chi connectivity index (χ0v) is 31.8. The lowest BCUT2D eigenvalue weighted by molar-refractivity contribution is -0.137. The van der Waals surface area contributed by atoms with Gasteiger partial charge in [-0.25, -0.2) is 14.8 Å². The number of rotatable bonds is 15. The summed E-state index contributed by atoms with van der Waals surface area (Å²) in [4.78, 5) is 27.8. The lowest BCUT2D eigenvalue weighted by Gasteiger charge is -2.32. The van der Waals surface area contributed by atoms with E-state index >= 15 is 0 Å². The molecule has 54 heavy (non-hydrogen) atoms. The fraction of sp³-hybridized carbons (Fsp3) is 0.333. The maximum absolute atomic E-state index is 14.3. The number of thiophene rings is 1. The quantitative estimate of drug-likeness (QED) is 0.109. The summed E-state index contributed by atoms with van der Waals surface area (Å²) in [5.41, 5.74) is 3.69. The number of halogens is 2. The van der Waals surface area contributed by atoms with E-state index in [2.05, 4.69) is 37.2 Å². The van der Waals surface area contributed by atoms with Gasteiger partial charge in [-0.2, -0.15) is 9.49 Å². The third-order valence-electron chi connectivity index (χ3n) is 9.65. The molecule has 15 heteroatoms. The highest BCUT2D eigenvalue weighted by Gasteiger charge is 2.28. The van der Waals surface area contributed by atoms with Gasteiger partial charge in [-0.3, -0.25) is 9.58 Å². The predicted molar refractivity (Wildman–Crippen MR) is 207 cm³/mol. The second-order valence-corrected chi connectivity index (χ2v) is 14.5. The number of likely N-dealkylation sites (N-methyl/N-ethyl adjacent to an activating group) is 1. The van der Waals surface area contributed by atoms with Crippen molar-refractivity contribution in [1.82, 2.24) is 29.5 Å². The van der Waals surface area contributed by atoms with E-state index in [4.69, 9.17) is 25.5 Å². The van der Waals surface area contributed by atoms with Gasteiger partial charge in [0.2, 0.25) is 0 Å². The highest BCUT2D eigenvalue weighted by molar-refractivity contribution is 7.22. The maximum atomic E-state index is 14.3. The number of piperazine rings is 1. The van der Waals surface area contributed by atoms with Crippen LogP contribution in [0.1, 0.15) is 23.7 Å². The molecule has 1 unspecified atom stereocenters. The maximum Gasteiger partial charge on any atom is 0.326 e. The monoisotopic (exact) mass is 773 g/mol. The Balaban J connectivity index is 1.20. The van der Waals surface area contributed by atoms with Crippen LogP contribution in [0.2, 0.25) is 5.02 Å². The Morgan fingerprint density at radius 2 is 1.89 bits per heavy atom. The van der Waals surface area contributed by atoms with Crippen molar-refractivity contribution in [2.45, 2.75) is 39.5 Å². The van der Waals surface area contributed by atoms with Gasteiger partial charge in [-0.1, -0.05) is 35.9 Å². The molecule has 12 nitrogen and oxygen atoms in total. The van der Waals surface area contributed by atoms with Crippen molar-refractivity contribution in [2.75, 3.05) is 51.7 Å². The molecule has 7 rings (SSSR count). The van der Waals surface area contributed by atoms with E-state index in [-0.39, 0.29) is 13.0 Å². The number of furan rings is 1. The number of aliphatic carboxylic acids is 1. The van der Waals surface area contributed by atoms with E-state index in [1.807, 2.05) is 61.0 Å². The number of aryl methyl sites for hydroxylation is 1. The second kappa shape index (κ2) is 16.6. The van der Waals surface area contributed by atoms with Gasteiger partial charge in [-0.15, -0.1) is 11.3 Å². The summed E-state index contributed by atoms with van der Waals surface area (Å²) in [5, 5.41) is 19.0. The Kier molecular flexibility index (Phi) is 11.4. The van der Waals surface area contributed by atoms with Crippen LogP contribution in [0.3, 0.4) is 0 Å². The first kappa shape index (κ1) is 37.3. The highest BCUT2D eigenvalue weighted by Crippen LogP contribution is 2.49. The van der Waals surface area contributed by atoms with Crippen LogP contribution >= 0.6 is 22.9 Å². The molecule has 0 saturated carbocycles. The van der Waals surface area contributed by atoms with Crippen molar-refractivity contribution in [3.63, 3.8) is 0 Å². The van der Waals surface area contributed by atoms with Crippen LogP contribution in [0, 0.1) is 12.9 Å². The minimum atomic E-state index is -1.10. The Hall–Kier alpha value is -5.02. The summed E-state index contributed by atoms with van der Waals surface area (Å²) in [6.07, 6.45) is 3.19. The number of nitrogens with one attached hydrogen (secondary N) is 1. The smallest absolute Gasteiger partial charge is 0.326 e. The fourth-order valence-electron chi connectivity index (χ4n) is 6.63. The molecule has 5 heterocycles. The average molecular weight is 774 g/mol. The van der Waals surface area contributed by atoms with Crippen LogP contribution in [-0.2, 0) is 24.4 Å². The third-order valence-corrected chi connectivity index (χ3v) is 11.2. The summed E-state index contributed by atoms with van der Waals surface area (Å²) < 4.78 is 34.0. The number of fused-ring (bicyclic) bond motifs is 1. The number of hydrogen-bond acceptors (Lipinski definition) is 11. The SMILES string of the molecule is CCn1nccc1COc1ccccc1CC(Nc1ncnc2sc(-c3ccc(F)o3)c(-c3ccc(OCCN4CCN(C)CC4)c(Cl)c3C)c12)C(=O)O. The van der Waals surface area contributed by atoms with Gasteiger partial charge in [0.1, 0.15) is 53.5 Å². The van der Waals surface area contributed by atoms with E-state index in [1.54, 1.807) is 12.3 Å². The van der Waals surface area contributed by atoms with Crippen molar-refractivity contribution in [3.8, 4) is 33.3 Å². The predicted octanol–water partition coefficient (Wildman–Crippen LogP) is 7.25. The van der Waals surface area contributed by atoms with E-state index in [0.29, 0.717) is 67.5 Å². The average Bonchev–Trinajstić information content (AvgIpc) is 3.92. The van der Waals surface area contributed by atoms with E-state index < -0.39 is 18.0 Å². The molecular weight excluding hydrogens is 733 g/mol. The number of hydrogen-bond donors (Lipinski definition) is 2. The molecule has 0 spiro atoms. The van der Waals surface area contributed by atoms with Gasteiger partial charge in [0.25, 0.3) is 6.01 Å². The van der Waals surface area contributed by atoms with Crippen molar-refractivity contribution < 1.29 is 28.2 Å². The molecule has 282 valence electrons. The van der Waals surface area contributed by atoms with E-state index in [1.165, 1.54) is 23.7 Å². The first-order chi connectivity index (χ1) is 26.2. The van der Waals surface area contributed by atoms with Crippen LogP contribution in [0.25, 0.3) is 32.0 Å². The van der Waals surface area contributed by atoms with Crippen LogP contribution in [0.15, 0.2) is 71.5 Å². The Morgan fingerprint density at radius 1 is 1.07 bits per heavy atom. The Morgan fingerprint density at radius 3 is 2.65 bits per heavy atom. The normalized spacial score (nSPS) is 14.4. The first-order valence-corrected chi connectivity index (χ1v) is 19.0. The molecule has 0 bridgehead atoms. The van der Waals surface area contributed by atoms with Gasteiger partial charge in [-0.05, 0) is 61.9 Å². The lowest BCUT2D eigenvalue weighted by atomic mass is 9.97. The zero-order valence-electron chi connectivity index (χ0n) is 30.2. The number of para-hydroxylation sites is 1. The van der Waals surface area contributed by atoms with Crippen LogP contribution in [-0.4, -0.2) is 93.0 Å². The summed E-state index contributed by atoms with van der Waals surface area (Å²) in [7, 11) is 2.13. The molecule has 1 aliphatic rings. The number of carboxylic acid groups (broad SMARTS) is 1. The number of carboxylic acids is 1. The number of benzene rings is 2. The number of carbonyl (C=O) groups is 1. The molecule has 0 radical (unpaired) electrons. The van der Waals surface area contributed by atoms with Crippen LogP contribution in [0.4, 0.5) is 10.2 Å². The standard InChI is InChI=1S/C39H41ClFN7O5S/c1-4-48-26(13-14-44-48)22-52-29-8-6-5-7-25(29)21-28(39(49)50)45-37-34-33(36(31-11-12-32(41)53-31)54-38(34)43-23-42-37)27-9-10-30(35(40)24(27)2)51-20-19-47-17-15-46(3)16-18-47/h5-14,23,28H,4,15-22H2,1-3H3,(H,49,50)(H,42,43,45). The molecule has 6 aromatic rings. The number of aromatic nitrogens is 4. The molecule has 0 amide bonds. The molecule has 2 N–H and O–H groups in total. The van der Waals surface area contributed by atoms with Crippen molar-refractivity contribution in [3.05, 3.63) is 95.0 Å². The van der Waals surface area contributed by atoms with Gasteiger partial charge < -0.3 is 29.2 Å². The van der Waals surface area contributed by atoms with Crippen molar-refractivity contribution >= 4 is 44.9 Å². The summed E-state index contributed by atoms with van der Waals surface area (Å²) in [5.74, 6) is 0.632. The number of nitrogens with zero attached hydrogens (tertiary/aromatic N) is 6. The molecule has 1 atom stereocenters. The Bertz CT molecular complexity index is 2250. The molecule has 1 aliphatic heterocycles. The third kappa shape index (κ3) is 8.06. The largest absolute Gasteiger partial charge is 0.491 e. The van der Waals surface area contributed by atoms with Gasteiger partial charge in [0.15, 0.2) is 0 Å². The summed E-state index contributed by atoms with van der Waals surface area (Å²) in [6.45, 7) is 10.2. The van der Waals surface area contributed by atoms with Crippen LogP contribution < -0.4 is 14.8 Å². The molecule has 1 fully saturated rings. The highest BCUT2D eigenvalue weighted by atomic mass is 35.5. The summed E-state index contributed by atoms with van der Waals surface area (Å²) >= 11 is 8.28. The minimum absolute atomic E-state index is 0.0881. The second-order valence-electron chi connectivity index (χ2n) is 13.1. The molecular formula is C39H41ClFN7O5S. The van der Waals surface area contributed by atoms with E-state index in [9.17, 15) is 14.3 Å².